The molecular weight excluding hydrogens is 270 g/mol. The summed E-state index contributed by atoms with van der Waals surface area (Å²) in [7, 11) is 0. The van der Waals surface area contributed by atoms with Crippen molar-refractivity contribution in [1.82, 2.24) is 4.90 Å². The molecule has 3 N–H and O–H groups in total. The number of benzene rings is 1. The molecule has 4 nitrogen and oxygen atoms in total. The van der Waals surface area contributed by atoms with Crippen molar-refractivity contribution in [2.24, 2.45) is 0 Å². The quantitative estimate of drug-likeness (QED) is 0.837. The Kier molecular flexibility index (Phi) is 5.31. The summed E-state index contributed by atoms with van der Waals surface area (Å²) in [5, 5.41) is 3.62. The number of hydrogen-bond acceptors (Lipinski definition) is 4. The maximum atomic E-state index is 12.0. The van der Waals surface area contributed by atoms with Crippen LogP contribution in [0.4, 0.5) is 11.4 Å². The molecule has 1 amide bonds. The third kappa shape index (κ3) is 4.15. The maximum Gasteiger partial charge on any atom is 0.225 e. The molecule has 0 aromatic heterocycles. The number of nitrogens with one attached hydrogen (secondary N) is 1. The molecule has 5 heteroatoms. The Morgan fingerprint density at radius 1 is 1.55 bits per heavy atom. The first-order chi connectivity index (χ1) is 9.56. The Morgan fingerprint density at radius 2 is 2.35 bits per heavy atom. The normalized spacial score (nSPS) is 19.8. The topological polar surface area (TPSA) is 58.4 Å². The molecule has 20 heavy (non-hydrogen) atoms. The first-order valence-corrected chi connectivity index (χ1v) is 8.10. The van der Waals surface area contributed by atoms with Crippen molar-refractivity contribution in [1.29, 1.82) is 0 Å². The molecule has 1 saturated heterocycles. The van der Waals surface area contributed by atoms with Crippen LogP contribution in [0.15, 0.2) is 18.2 Å². The van der Waals surface area contributed by atoms with Crippen LogP contribution in [0.1, 0.15) is 18.9 Å². The predicted molar refractivity (Wildman–Crippen MR) is 87.2 cm³/mol. The van der Waals surface area contributed by atoms with Crippen molar-refractivity contribution in [3.8, 4) is 0 Å². The Labute approximate surface area is 125 Å². The number of nitrogens with two attached hydrogens (primary N) is 1. The van der Waals surface area contributed by atoms with Gasteiger partial charge in [-0.2, -0.15) is 11.8 Å². The molecule has 0 spiro atoms. The van der Waals surface area contributed by atoms with Crippen LogP contribution in [0.25, 0.3) is 0 Å². The van der Waals surface area contributed by atoms with Gasteiger partial charge in [-0.15, -0.1) is 0 Å². The van der Waals surface area contributed by atoms with Gasteiger partial charge in [0.05, 0.1) is 0 Å². The van der Waals surface area contributed by atoms with Crippen molar-refractivity contribution in [2.75, 3.05) is 36.4 Å². The highest BCUT2D eigenvalue weighted by molar-refractivity contribution is 7.99. The number of carbonyl (C=O) groups excluding carboxylic acids is 1. The number of anilines is 2. The molecule has 1 aliphatic rings. The van der Waals surface area contributed by atoms with Gasteiger partial charge in [0.15, 0.2) is 0 Å². The third-order valence-corrected chi connectivity index (χ3v) is 4.77. The van der Waals surface area contributed by atoms with Crippen molar-refractivity contribution in [3.05, 3.63) is 23.8 Å². The molecule has 1 atom stereocenters. The SMILES string of the molecule is Cc1c(N)cccc1NC(=O)CCN1CCSC(C)C1. The lowest BCUT2D eigenvalue weighted by Crippen LogP contribution is -2.38. The van der Waals surface area contributed by atoms with E-state index in [1.165, 1.54) is 0 Å². The van der Waals surface area contributed by atoms with Crippen LogP contribution in [0.2, 0.25) is 0 Å². The van der Waals surface area contributed by atoms with E-state index in [1.807, 2.05) is 36.9 Å². The predicted octanol–water partition coefficient (Wildman–Crippen LogP) is 2.34. The number of rotatable bonds is 4. The second-order valence-corrected chi connectivity index (χ2v) is 6.85. The Balaban J connectivity index is 1.82. The number of thioether (sulfide) groups is 1. The number of hydrogen-bond donors (Lipinski definition) is 2. The van der Waals surface area contributed by atoms with Crippen LogP contribution in [0, 0.1) is 6.92 Å². The molecule has 1 aromatic carbocycles. The van der Waals surface area contributed by atoms with Gasteiger partial charge in [0.1, 0.15) is 0 Å². The van der Waals surface area contributed by atoms with Gasteiger partial charge < -0.3 is 16.0 Å². The maximum absolute atomic E-state index is 12.0. The van der Waals surface area contributed by atoms with Crippen LogP contribution in [-0.4, -0.2) is 41.4 Å². The Hall–Kier alpha value is -1.20. The third-order valence-electron chi connectivity index (χ3n) is 3.63. The number of amides is 1. The molecular formula is C15H23N3OS. The number of nitrogens with zero attached hydrogens (tertiary/aromatic N) is 1. The minimum Gasteiger partial charge on any atom is -0.398 e. The molecule has 1 fully saturated rings. The average Bonchev–Trinajstić information content (AvgIpc) is 2.42. The number of nitrogen functional groups attached to an aromatic ring is 1. The lowest BCUT2D eigenvalue weighted by Gasteiger charge is -2.30. The molecule has 110 valence electrons. The van der Waals surface area contributed by atoms with Gasteiger partial charge in [0.25, 0.3) is 0 Å². The summed E-state index contributed by atoms with van der Waals surface area (Å²) < 4.78 is 0. The van der Waals surface area contributed by atoms with Crippen molar-refractivity contribution >= 4 is 29.0 Å². The van der Waals surface area contributed by atoms with E-state index in [1.54, 1.807) is 0 Å². The molecule has 1 heterocycles. The van der Waals surface area contributed by atoms with E-state index in [9.17, 15) is 4.79 Å². The summed E-state index contributed by atoms with van der Waals surface area (Å²) in [5.74, 6) is 1.22. The smallest absolute Gasteiger partial charge is 0.225 e. The Morgan fingerprint density at radius 3 is 3.10 bits per heavy atom. The molecule has 0 bridgehead atoms. The molecule has 0 aliphatic carbocycles. The van der Waals surface area contributed by atoms with E-state index in [4.69, 9.17) is 5.73 Å². The van der Waals surface area contributed by atoms with Gasteiger partial charge in [0.2, 0.25) is 5.91 Å². The lowest BCUT2D eigenvalue weighted by atomic mass is 10.1. The number of carbonyl (C=O) groups is 1. The van der Waals surface area contributed by atoms with E-state index < -0.39 is 0 Å². The van der Waals surface area contributed by atoms with Gasteiger partial charge in [-0.3, -0.25) is 4.79 Å². The molecule has 0 saturated carbocycles. The highest BCUT2D eigenvalue weighted by Gasteiger charge is 2.17. The minimum absolute atomic E-state index is 0.0598. The van der Waals surface area contributed by atoms with Crippen molar-refractivity contribution < 1.29 is 4.79 Å². The van der Waals surface area contributed by atoms with Crippen LogP contribution < -0.4 is 11.1 Å². The summed E-state index contributed by atoms with van der Waals surface area (Å²) in [6.07, 6.45) is 0.533. The first kappa shape index (κ1) is 15.2. The summed E-state index contributed by atoms with van der Waals surface area (Å²) in [5.41, 5.74) is 8.30. The highest BCUT2D eigenvalue weighted by atomic mass is 32.2. The highest BCUT2D eigenvalue weighted by Crippen LogP contribution is 2.21. The van der Waals surface area contributed by atoms with Crippen LogP contribution in [0.5, 0.6) is 0 Å². The van der Waals surface area contributed by atoms with Gasteiger partial charge in [-0.1, -0.05) is 13.0 Å². The Bertz CT molecular complexity index is 478. The van der Waals surface area contributed by atoms with Gasteiger partial charge >= 0.3 is 0 Å². The fourth-order valence-corrected chi connectivity index (χ4v) is 3.44. The monoisotopic (exact) mass is 293 g/mol. The molecule has 1 aliphatic heterocycles. The average molecular weight is 293 g/mol. The van der Waals surface area contributed by atoms with Crippen LogP contribution in [0.3, 0.4) is 0 Å². The molecule has 0 radical (unpaired) electrons. The molecule has 2 rings (SSSR count). The zero-order valence-electron chi connectivity index (χ0n) is 12.2. The lowest BCUT2D eigenvalue weighted by molar-refractivity contribution is -0.116. The van der Waals surface area contributed by atoms with Gasteiger partial charge in [-0.25, -0.2) is 0 Å². The second kappa shape index (κ2) is 6.99. The van der Waals surface area contributed by atoms with Gasteiger partial charge in [0, 0.05) is 48.4 Å². The van der Waals surface area contributed by atoms with E-state index in [2.05, 4.69) is 17.1 Å². The zero-order chi connectivity index (χ0) is 14.5. The summed E-state index contributed by atoms with van der Waals surface area (Å²) in [4.78, 5) is 14.4. The van der Waals surface area contributed by atoms with Crippen molar-refractivity contribution in [3.63, 3.8) is 0 Å². The van der Waals surface area contributed by atoms with E-state index in [0.29, 0.717) is 17.4 Å². The summed E-state index contributed by atoms with van der Waals surface area (Å²) >= 11 is 2.01. The van der Waals surface area contributed by atoms with Crippen LogP contribution >= 0.6 is 11.8 Å². The van der Waals surface area contributed by atoms with E-state index >= 15 is 0 Å². The minimum atomic E-state index is 0.0598. The fraction of sp³-hybridized carbons (Fsp3) is 0.533. The van der Waals surface area contributed by atoms with Gasteiger partial charge in [-0.05, 0) is 24.6 Å². The molecule has 1 aromatic rings. The van der Waals surface area contributed by atoms with Crippen LogP contribution in [-0.2, 0) is 4.79 Å². The largest absolute Gasteiger partial charge is 0.398 e. The standard InChI is InChI=1S/C15H23N3OS/c1-11-10-18(8-9-20-11)7-6-15(19)17-14-5-3-4-13(16)12(14)2/h3-5,11H,6-10,16H2,1-2H3,(H,17,19). The zero-order valence-corrected chi connectivity index (χ0v) is 13.0. The fourth-order valence-electron chi connectivity index (χ4n) is 2.35. The second-order valence-electron chi connectivity index (χ2n) is 5.30. The summed E-state index contributed by atoms with van der Waals surface area (Å²) in [6.45, 7) is 7.16. The molecule has 1 unspecified atom stereocenters. The van der Waals surface area contributed by atoms with E-state index in [0.717, 1.165) is 36.6 Å². The van der Waals surface area contributed by atoms with Crippen molar-refractivity contribution in [2.45, 2.75) is 25.5 Å². The first-order valence-electron chi connectivity index (χ1n) is 7.05. The van der Waals surface area contributed by atoms with E-state index in [-0.39, 0.29) is 5.91 Å². The summed E-state index contributed by atoms with van der Waals surface area (Å²) in [6, 6.07) is 5.60.